The van der Waals surface area contributed by atoms with Crippen molar-refractivity contribution in [2.45, 2.75) is 19.9 Å². The number of nitrogens with zero attached hydrogens (tertiary/aromatic N) is 2. The molecule has 0 aromatic carbocycles. The average Bonchev–Trinajstić information content (AvgIpc) is 2.65. The van der Waals surface area contributed by atoms with Gasteiger partial charge in [-0.3, -0.25) is 9.69 Å². The Bertz CT molecular complexity index is 236. The molecule has 4 nitrogen and oxygen atoms in total. The highest BCUT2D eigenvalue weighted by atomic mass is 16.2. The van der Waals surface area contributed by atoms with Crippen molar-refractivity contribution in [3.8, 4) is 0 Å². The third-order valence-corrected chi connectivity index (χ3v) is 3.71. The van der Waals surface area contributed by atoms with Crippen LogP contribution in [0.3, 0.4) is 0 Å². The van der Waals surface area contributed by atoms with Gasteiger partial charge in [0, 0.05) is 45.7 Å². The Morgan fingerprint density at radius 2 is 1.87 bits per heavy atom. The minimum atomic E-state index is 0.215. The summed E-state index contributed by atoms with van der Waals surface area (Å²) in [5.74, 6) is 0.959. The van der Waals surface area contributed by atoms with E-state index in [9.17, 15) is 4.79 Å². The van der Waals surface area contributed by atoms with Gasteiger partial charge in [-0.2, -0.15) is 0 Å². The van der Waals surface area contributed by atoms with E-state index in [1.165, 1.54) is 0 Å². The third-order valence-electron chi connectivity index (χ3n) is 3.71. The van der Waals surface area contributed by atoms with Gasteiger partial charge < -0.3 is 10.2 Å². The Morgan fingerprint density at radius 1 is 1.20 bits per heavy atom. The number of nitrogens with one attached hydrogen (secondary N) is 1. The molecule has 15 heavy (non-hydrogen) atoms. The molecule has 2 aliphatic rings. The Morgan fingerprint density at radius 3 is 2.33 bits per heavy atom. The Labute approximate surface area is 91.6 Å². The number of carbonyl (C=O) groups excluding carboxylic acids is 1. The summed E-state index contributed by atoms with van der Waals surface area (Å²) in [5.41, 5.74) is 0. The van der Waals surface area contributed by atoms with E-state index >= 15 is 0 Å². The zero-order chi connectivity index (χ0) is 10.8. The number of carbonyl (C=O) groups is 1. The van der Waals surface area contributed by atoms with Crippen molar-refractivity contribution in [2.24, 2.45) is 5.92 Å². The number of hydrogen-bond acceptors (Lipinski definition) is 3. The van der Waals surface area contributed by atoms with E-state index in [4.69, 9.17) is 0 Å². The van der Waals surface area contributed by atoms with E-state index in [0.717, 1.165) is 45.2 Å². The second-order valence-corrected chi connectivity index (χ2v) is 4.74. The molecule has 2 aliphatic heterocycles. The molecule has 4 heteroatoms. The van der Waals surface area contributed by atoms with Crippen molar-refractivity contribution in [1.29, 1.82) is 0 Å². The molecule has 2 saturated heterocycles. The van der Waals surface area contributed by atoms with Crippen molar-refractivity contribution >= 4 is 5.91 Å². The predicted molar refractivity (Wildman–Crippen MR) is 59.6 cm³/mol. The largest absolute Gasteiger partial charge is 0.340 e. The summed E-state index contributed by atoms with van der Waals surface area (Å²) in [6.45, 7) is 10.1. The van der Waals surface area contributed by atoms with Crippen molar-refractivity contribution < 1.29 is 4.79 Å². The molecule has 1 amide bonds. The molecule has 2 heterocycles. The minimum absolute atomic E-state index is 0.215. The van der Waals surface area contributed by atoms with Crippen LogP contribution >= 0.6 is 0 Å². The Kier molecular flexibility index (Phi) is 3.26. The van der Waals surface area contributed by atoms with E-state index in [0.29, 0.717) is 6.04 Å². The Balaban J connectivity index is 1.85. The van der Waals surface area contributed by atoms with E-state index in [2.05, 4.69) is 17.1 Å². The molecule has 2 rings (SSSR count). The highest BCUT2D eigenvalue weighted by Gasteiger charge is 2.31. The fourth-order valence-electron chi connectivity index (χ4n) is 2.65. The Hall–Kier alpha value is -0.610. The molecule has 2 atom stereocenters. The van der Waals surface area contributed by atoms with E-state index in [1.54, 1.807) is 6.92 Å². The SMILES string of the molecule is CC(=O)N1CCN([C@H]2CNC[C@H]2C)CC1. The lowest BCUT2D eigenvalue weighted by molar-refractivity contribution is -0.130. The van der Waals surface area contributed by atoms with Gasteiger partial charge in [0.15, 0.2) is 0 Å². The van der Waals surface area contributed by atoms with Gasteiger partial charge in [0.2, 0.25) is 5.91 Å². The van der Waals surface area contributed by atoms with Crippen LogP contribution in [0.25, 0.3) is 0 Å². The second-order valence-electron chi connectivity index (χ2n) is 4.74. The summed E-state index contributed by atoms with van der Waals surface area (Å²) in [6, 6.07) is 0.680. The van der Waals surface area contributed by atoms with Crippen LogP contribution in [0, 0.1) is 5.92 Å². The van der Waals surface area contributed by atoms with Gasteiger partial charge >= 0.3 is 0 Å². The topological polar surface area (TPSA) is 35.6 Å². The maximum Gasteiger partial charge on any atom is 0.219 e. The van der Waals surface area contributed by atoms with E-state index in [-0.39, 0.29) is 5.91 Å². The lowest BCUT2D eigenvalue weighted by atomic mass is 10.0. The van der Waals surface area contributed by atoms with Crippen LogP contribution in [0.4, 0.5) is 0 Å². The molecule has 86 valence electrons. The lowest BCUT2D eigenvalue weighted by Crippen LogP contribution is -2.53. The van der Waals surface area contributed by atoms with Gasteiger partial charge in [-0.1, -0.05) is 6.92 Å². The normalized spacial score (nSPS) is 33.3. The van der Waals surface area contributed by atoms with Crippen molar-refractivity contribution in [2.75, 3.05) is 39.3 Å². The molecule has 0 saturated carbocycles. The summed E-state index contributed by atoms with van der Waals surface area (Å²) in [5, 5.41) is 3.43. The molecular weight excluding hydrogens is 190 g/mol. The summed E-state index contributed by atoms with van der Waals surface area (Å²) >= 11 is 0. The van der Waals surface area contributed by atoms with Crippen LogP contribution in [0.1, 0.15) is 13.8 Å². The number of amides is 1. The zero-order valence-electron chi connectivity index (χ0n) is 9.70. The predicted octanol–water partition coefficient (Wildman–Crippen LogP) is -0.242. The summed E-state index contributed by atoms with van der Waals surface area (Å²) in [7, 11) is 0. The van der Waals surface area contributed by atoms with E-state index in [1.807, 2.05) is 4.90 Å². The van der Waals surface area contributed by atoms with Gasteiger partial charge in [0.1, 0.15) is 0 Å². The number of rotatable bonds is 1. The van der Waals surface area contributed by atoms with Crippen molar-refractivity contribution in [3.63, 3.8) is 0 Å². The molecule has 1 N–H and O–H groups in total. The molecule has 0 spiro atoms. The van der Waals surface area contributed by atoms with Crippen LogP contribution in [0.5, 0.6) is 0 Å². The van der Waals surface area contributed by atoms with Crippen molar-refractivity contribution in [1.82, 2.24) is 15.1 Å². The zero-order valence-corrected chi connectivity index (χ0v) is 9.70. The summed E-state index contributed by atoms with van der Waals surface area (Å²) in [6.07, 6.45) is 0. The minimum Gasteiger partial charge on any atom is -0.340 e. The van der Waals surface area contributed by atoms with E-state index < -0.39 is 0 Å². The average molecular weight is 211 g/mol. The van der Waals surface area contributed by atoms with Crippen LogP contribution < -0.4 is 5.32 Å². The summed E-state index contributed by atoms with van der Waals surface area (Å²) < 4.78 is 0. The molecule has 0 aliphatic carbocycles. The molecular formula is C11H21N3O. The first-order valence-corrected chi connectivity index (χ1v) is 5.89. The molecule has 0 aromatic heterocycles. The molecule has 0 radical (unpaired) electrons. The smallest absolute Gasteiger partial charge is 0.219 e. The quantitative estimate of drug-likeness (QED) is 0.650. The van der Waals surface area contributed by atoms with Crippen LogP contribution in [0.2, 0.25) is 0 Å². The van der Waals surface area contributed by atoms with Crippen LogP contribution in [0.15, 0.2) is 0 Å². The highest BCUT2D eigenvalue weighted by molar-refractivity contribution is 5.73. The molecule has 0 bridgehead atoms. The lowest BCUT2D eigenvalue weighted by Gasteiger charge is -2.38. The molecule has 0 unspecified atom stereocenters. The van der Waals surface area contributed by atoms with Gasteiger partial charge in [-0.25, -0.2) is 0 Å². The number of hydrogen-bond donors (Lipinski definition) is 1. The van der Waals surface area contributed by atoms with Gasteiger partial charge in [0.25, 0.3) is 0 Å². The number of piperazine rings is 1. The molecule has 0 aromatic rings. The fraction of sp³-hybridized carbons (Fsp3) is 0.909. The van der Waals surface area contributed by atoms with Crippen LogP contribution in [-0.4, -0.2) is 61.0 Å². The third kappa shape index (κ3) is 2.32. The van der Waals surface area contributed by atoms with Crippen molar-refractivity contribution in [3.05, 3.63) is 0 Å². The highest BCUT2D eigenvalue weighted by Crippen LogP contribution is 2.17. The maximum atomic E-state index is 11.2. The first kappa shape index (κ1) is 10.9. The van der Waals surface area contributed by atoms with Gasteiger partial charge in [-0.05, 0) is 12.5 Å². The maximum absolute atomic E-state index is 11.2. The monoisotopic (exact) mass is 211 g/mol. The second kappa shape index (κ2) is 4.49. The van der Waals surface area contributed by atoms with Crippen LogP contribution in [-0.2, 0) is 4.79 Å². The first-order valence-electron chi connectivity index (χ1n) is 5.89. The molecule has 2 fully saturated rings. The fourth-order valence-corrected chi connectivity index (χ4v) is 2.65. The standard InChI is InChI=1S/C11H21N3O/c1-9-7-12-8-11(9)14-5-3-13(4-6-14)10(2)15/h9,11-12H,3-8H2,1-2H3/t9-,11+/m1/s1. The van der Waals surface area contributed by atoms with Gasteiger partial charge in [-0.15, -0.1) is 0 Å². The summed E-state index contributed by atoms with van der Waals surface area (Å²) in [4.78, 5) is 15.7. The van der Waals surface area contributed by atoms with Gasteiger partial charge in [0.05, 0.1) is 0 Å². The first-order chi connectivity index (χ1) is 7.18.